The normalized spacial score (nSPS) is 10.4. The average molecular weight is 216 g/mol. The van der Waals surface area contributed by atoms with Gasteiger partial charge in [-0.05, 0) is 49.2 Å². The fourth-order valence-electron chi connectivity index (χ4n) is 1.90. The molecule has 0 spiro atoms. The number of pyridine rings is 1. The van der Waals surface area contributed by atoms with Crippen LogP contribution in [0, 0.1) is 19.7 Å². The standard InChI is InChI=1S/C13H13FN2/c1-8-5-10(14)6-9(2)13(8)12-7-11(15)3-4-16-12/h3-7H,1-2H3,(H2,15,16). The van der Waals surface area contributed by atoms with E-state index >= 15 is 0 Å². The van der Waals surface area contributed by atoms with Crippen LogP contribution >= 0.6 is 0 Å². The number of nitrogens with two attached hydrogens (primary N) is 1. The topological polar surface area (TPSA) is 38.9 Å². The van der Waals surface area contributed by atoms with Gasteiger partial charge in [0.2, 0.25) is 0 Å². The predicted octanol–water partition coefficient (Wildman–Crippen LogP) is 3.09. The van der Waals surface area contributed by atoms with Crippen molar-refractivity contribution in [2.24, 2.45) is 0 Å². The van der Waals surface area contributed by atoms with Crippen molar-refractivity contribution in [2.45, 2.75) is 13.8 Å². The number of anilines is 1. The third-order valence-electron chi connectivity index (χ3n) is 2.54. The smallest absolute Gasteiger partial charge is 0.123 e. The van der Waals surface area contributed by atoms with Crippen LogP contribution in [0.3, 0.4) is 0 Å². The lowest BCUT2D eigenvalue weighted by Crippen LogP contribution is -1.94. The van der Waals surface area contributed by atoms with Crippen LogP contribution in [0.2, 0.25) is 0 Å². The zero-order chi connectivity index (χ0) is 11.7. The van der Waals surface area contributed by atoms with E-state index in [0.717, 1.165) is 22.4 Å². The number of aryl methyl sites for hydroxylation is 2. The highest BCUT2D eigenvalue weighted by Crippen LogP contribution is 2.27. The Morgan fingerprint density at radius 3 is 2.31 bits per heavy atom. The lowest BCUT2D eigenvalue weighted by molar-refractivity contribution is 0.625. The molecule has 3 heteroatoms. The molecule has 0 radical (unpaired) electrons. The molecular weight excluding hydrogens is 203 g/mol. The van der Waals surface area contributed by atoms with Gasteiger partial charge in [0.05, 0.1) is 5.69 Å². The monoisotopic (exact) mass is 216 g/mol. The van der Waals surface area contributed by atoms with E-state index in [9.17, 15) is 4.39 Å². The van der Waals surface area contributed by atoms with Crippen molar-refractivity contribution in [2.75, 3.05) is 5.73 Å². The van der Waals surface area contributed by atoms with Gasteiger partial charge >= 0.3 is 0 Å². The highest BCUT2D eigenvalue weighted by molar-refractivity contribution is 5.69. The van der Waals surface area contributed by atoms with Gasteiger partial charge in [0.25, 0.3) is 0 Å². The van der Waals surface area contributed by atoms with Crippen LogP contribution in [-0.4, -0.2) is 4.98 Å². The van der Waals surface area contributed by atoms with Gasteiger partial charge in [-0.25, -0.2) is 4.39 Å². The summed E-state index contributed by atoms with van der Waals surface area (Å²) in [7, 11) is 0. The molecule has 0 saturated carbocycles. The SMILES string of the molecule is Cc1cc(F)cc(C)c1-c1cc(N)ccn1. The molecule has 2 rings (SSSR count). The number of nitrogen functional groups attached to an aromatic ring is 1. The summed E-state index contributed by atoms with van der Waals surface area (Å²) in [6.45, 7) is 3.74. The molecule has 0 fully saturated rings. The summed E-state index contributed by atoms with van der Waals surface area (Å²) >= 11 is 0. The zero-order valence-electron chi connectivity index (χ0n) is 9.29. The van der Waals surface area contributed by atoms with Gasteiger partial charge in [0.1, 0.15) is 5.82 Å². The number of rotatable bonds is 1. The van der Waals surface area contributed by atoms with E-state index < -0.39 is 0 Å². The third kappa shape index (κ3) is 1.89. The highest BCUT2D eigenvalue weighted by atomic mass is 19.1. The number of halogens is 1. The maximum Gasteiger partial charge on any atom is 0.123 e. The van der Waals surface area contributed by atoms with Gasteiger partial charge in [0, 0.05) is 17.4 Å². The molecule has 1 heterocycles. The van der Waals surface area contributed by atoms with Crippen molar-refractivity contribution in [3.8, 4) is 11.3 Å². The molecule has 0 unspecified atom stereocenters. The van der Waals surface area contributed by atoms with Gasteiger partial charge in [-0.3, -0.25) is 4.98 Å². The first-order valence-corrected chi connectivity index (χ1v) is 5.06. The van der Waals surface area contributed by atoms with Crippen LogP contribution in [0.15, 0.2) is 30.5 Å². The fourth-order valence-corrected chi connectivity index (χ4v) is 1.90. The lowest BCUT2D eigenvalue weighted by atomic mass is 9.99. The largest absolute Gasteiger partial charge is 0.399 e. The summed E-state index contributed by atoms with van der Waals surface area (Å²) in [6.07, 6.45) is 1.66. The van der Waals surface area contributed by atoms with Crippen LogP contribution in [0.4, 0.5) is 10.1 Å². The number of hydrogen-bond acceptors (Lipinski definition) is 2. The Kier molecular flexibility index (Phi) is 2.60. The van der Waals surface area contributed by atoms with Gasteiger partial charge in [0.15, 0.2) is 0 Å². The lowest BCUT2D eigenvalue weighted by Gasteiger charge is -2.09. The minimum absolute atomic E-state index is 0.220. The minimum Gasteiger partial charge on any atom is -0.399 e. The minimum atomic E-state index is -0.220. The first-order chi connectivity index (χ1) is 7.58. The number of hydrogen-bond donors (Lipinski definition) is 1. The third-order valence-corrected chi connectivity index (χ3v) is 2.54. The van der Waals surface area contributed by atoms with Gasteiger partial charge in [-0.15, -0.1) is 0 Å². The Hall–Kier alpha value is -1.90. The second-order valence-electron chi connectivity index (χ2n) is 3.89. The molecule has 0 bridgehead atoms. The number of nitrogens with zero attached hydrogens (tertiary/aromatic N) is 1. The molecule has 0 aliphatic heterocycles. The molecule has 1 aromatic heterocycles. The molecule has 16 heavy (non-hydrogen) atoms. The molecule has 0 aliphatic rings. The van der Waals surface area contributed by atoms with Crippen LogP contribution < -0.4 is 5.73 Å². The first-order valence-electron chi connectivity index (χ1n) is 5.06. The summed E-state index contributed by atoms with van der Waals surface area (Å²) in [4.78, 5) is 4.26. The number of benzene rings is 1. The Balaban J connectivity index is 2.64. The molecule has 1 aromatic carbocycles. The van der Waals surface area contributed by atoms with Crippen LogP contribution in [0.5, 0.6) is 0 Å². The Bertz CT molecular complexity index is 512. The summed E-state index contributed by atoms with van der Waals surface area (Å²) in [6, 6.07) is 6.55. The van der Waals surface area contributed by atoms with Crippen molar-refractivity contribution in [1.29, 1.82) is 0 Å². The Morgan fingerprint density at radius 1 is 1.12 bits per heavy atom. The fraction of sp³-hybridized carbons (Fsp3) is 0.154. The van der Waals surface area contributed by atoms with E-state index in [1.54, 1.807) is 18.3 Å². The van der Waals surface area contributed by atoms with Crippen molar-refractivity contribution in [3.63, 3.8) is 0 Å². The number of aromatic nitrogens is 1. The van der Waals surface area contributed by atoms with E-state index in [-0.39, 0.29) is 5.82 Å². The molecule has 0 amide bonds. The predicted molar refractivity (Wildman–Crippen MR) is 63.5 cm³/mol. The maximum absolute atomic E-state index is 13.2. The highest BCUT2D eigenvalue weighted by Gasteiger charge is 2.08. The molecule has 82 valence electrons. The van der Waals surface area contributed by atoms with Gasteiger partial charge in [-0.2, -0.15) is 0 Å². The second kappa shape index (κ2) is 3.93. The second-order valence-corrected chi connectivity index (χ2v) is 3.89. The van der Waals surface area contributed by atoms with E-state index in [1.165, 1.54) is 12.1 Å². The summed E-state index contributed by atoms with van der Waals surface area (Å²) in [5, 5.41) is 0. The quantitative estimate of drug-likeness (QED) is 0.795. The van der Waals surface area contributed by atoms with Crippen molar-refractivity contribution in [1.82, 2.24) is 4.98 Å². The Morgan fingerprint density at radius 2 is 1.75 bits per heavy atom. The van der Waals surface area contributed by atoms with Crippen molar-refractivity contribution < 1.29 is 4.39 Å². The first kappa shape index (κ1) is 10.6. The molecule has 0 atom stereocenters. The van der Waals surface area contributed by atoms with E-state index in [4.69, 9.17) is 5.73 Å². The summed E-state index contributed by atoms with van der Waals surface area (Å²) in [5.74, 6) is -0.220. The van der Waals surface area contributed by atoms with E-state index in [1.807, 2.05) is 13.8 Å². The molecule has 0 aliphatic carbocycles. The van der Waals surface area contributed by atoms with Crippen molar-refractivity contribution in [3.05, 3.63) is 47.4 Å². The van der Waals surface area contributed by atoms with E-state index in [0.29, 0.717) is 5.69 Å². The summed E-state index contributed by atoms with van der Waals surface area (Å²) < 4.78 is 13.2. The Labute approximate surface area is 93.9 Å². The van der Waals surface area contributed by atoms with Gasteiger partial charge in [-0.1, -0.05) is 0 Å². The average Bonchev–Trinajstić information content (AvgIpc) is 2.15. The van der Waals surface area contributed by atoms with Crippen LogP contribution in [0.1, 0.15) is 11.1 Å². The van der Waals surface area contributed by atoms with Gasteiger partial charge < -0.3 is 5.73 Å². The molecule has 2 N–H and O–H groups in total. The van der Waals surface area contributed by atoms with Crippen LogP contribution in [0.25, 0.3) is 11.3 Å². The van der Waals surface area contributed by atoms with Crippen molar-refractivity contribution >= 4 is 5.69 Å². The molecule has 0 saturated heterocycles. The molecule has 2 aromatic rings. The maximum atomic E-state index is 13.2. The molecular formula is C13H13FN2. The molecule has 2 nitrogen and oxygen atoms in total. The van der Waals surface area contributed by atoms with E-state index in [2.05, 4.69) is 4.98 Å². The van der Waals surface area contributed by atoms with Crippen LogP contribution in [-0.2, 0) is 0 Å². The zero-order valence-corrected chi connectivity index (χ0v) is 9.29. The summed E-state index contributed by atoms with van der Waals surface area (Å²) in [5.41, 5.74) is 9.85.